The van der Waals surface area contributed by atoms with Gasteiger partial charge in [0.05, 0.1) is 0 Å². The van der Waals surface area contributed by atoms with Gasteiger partial charge in [-0.15, -0.1) is 0 Å². The standard InChI is InChI=1S/C28H28N2O/c29-24-16-9-10-20(19-24)18-23-15-7-8-17-25(23)28-30-26(21-11-3-1-4-12-21)27(31-28)22-13-5-2-6-14-22/h1-6,9-14,16,19,23,25H,7-8,15,17-18,29H2. The van der Waals surface area contributed by atoms with Crippen LogP contribution < -0.4 is 5.73 Å². The Kier molecular flexibility index (Phi) is 5.57. The van der Waals surface area contributed by atoms with Crippen LogP contribution in [-0.2, 0) is 6.42 Å². The van der Waals surface area contributed by atoms with Gasteiger partial charge in [-0.1, -0.05) is 85.6 Å². The molecule has 31 heavy (non-hydrogen) atoms. The number of aromatic nitrogens is 1. The van der Waals surface area contributed by atoms with E-state index >= 15 is 0 Å². The smallest absolute Gasteiger partial charge is 0.198 e. The molecule has 0 radical (unpaired) electrons. The molecule has 3 aromatic carbocycles. The zero-order chi connectivity index (χ0) is 21.0. The fraction of sp³-hybridized carbons (Fsp3) is 0.250. The van der Waals surface area contributed by atoms with Gasteiger partial charge in [0.15, 0.2) is 11.7 Å². The SMILES string of the molecule is Nc1cccc(CC2CCCCC2c2nc(-c3ccccc3)c(-c3ccccc3)o2)c1. The van der Waals surface area contributed by atoms with Crippen molar-refractivity contribution in [2.45, 2.75) is 38.0 Å². The molecule has 2 atom stereocenters. The summed E-state index contributed by atoms with van der Waals surface area (Å²) in [6.07, 6.45) is 5.82. The Morgan fingerprint density at radius 3 is 2.26 bits per heavy atom. The number of nitrogen functional groups attached to an aromatic ring is 1. The minimum atomic E-state index is 0.329. The van der Waals surface area contributed by atoms with Crippen molar-refractivity contribution in [1.82, 2.24) is 4.98 Å². The van der Waals surface area contributed by atoms with E-state index in [-0.39, 0.29) is 0 Å². The first-order valence-corrected chi connectivity index (χ1v) is 11.2. The Hall–Kier alpha value is -3.33. The molecule has 0 aliphatic heterocycles. The Balaban J connectivity index is 1.53. The summed E-state index contributed by atoms with van der Waals surface area (Å²) in [4.78, 5) is 5.10. The summed E-state index contributed by atoms with van der Waals surface area (Å²) >= 11 is 0. The second-order valence-electron chi connectivity index (χ2n) is 8.56. The second-order valence-corrected chi connectivity index (χ2v) is 8.56. The highest BCUT2D eigenvalue weighted by atomic mass is 16.4. The van der Waals surface area contributed by atoms with Gasteiger partial charge in [0, 0.05) is 22.7 Å². The van der Waals surface area contributed by atoms with E-state index in [2.05, 4.69) is 66.7 Å². The molecule has 1 fully saturated rings. The third-order valence-electron chi connectivity index (χ3n) is 6.40. The van der Waals surface area contributed by atoms with Crippen molar-refractivity contribution in [2.24, 2.45) is 5.92 Å². The lowest BCUT2D eigenvalue weighted by atomic mass is 9.76. The van der Waals surface area contributed by atoms with Crippen molar-refractivity contribution in [1.29, 1.82) is 0 Å². The summed E-state index contributed by atoms with van der Waals surface area (Å²) in [5.74, 6) is 2.60. The average molecular weight is 409 g/mol. The van der Waals surface area contributed by atoms with Crippen molar-refractivity contribution in [3.05, 3.63) is 96.4 Å². The van der Waals surface area contributed by atoms with Crippen LogP contribution in [0.3, 0.4) is 0 Å². The molecule has 5 rings (SSSR count). The van der Waals surface area contributed by atoms with E-state index in [0.717, 1.165) is 47.0 Å². The van der Waals surface area contributed by atoms with Crippen LogP contribution in [0.5, 0.6) is 0 Å². The van der Waals surface area contributed by atoms with Gasteiger partial charge in [-0.05, 0) is 42.9 Å². The Bertz CT molecular complexity index is 1080. The molecular formula is C28H28N2O. The third-order valence-corrected chi connectivity index (χ3v) is 6.40. The predicted octanol–water partition coefficient (Wildman–Crippen LogP) is 7.11. The Labute approximate surface area is 184 Å². The molecule has 4 aromatic rings. The first kappa shape index (κ1) is 19.6. The lowest BCUT2D eigenvalue weighted by Crippen LogP contribution is -2.20. The summed E-state index contributed by atoms with van der Waals surface area (Å²) in [5.41, 5.74) is 11.3. The molecule has 0 bridgehead atoms. The highest BCUT2D eigenvalue weighted by molar-refractivity contribution is 5.76. The van der Waals surface area contributed by atoms with Crippen molar-refractivity contribution < 1.29 is 4.42 Å². The molecular weight excluding hydrogens is 380 g/mol. The van der Waals surface area contributed by atoms with Crippen molar-refractivity contribution in [3.63, 3.8) is 0 Å². The fourth-order valence-electron chi connectivity index (χ4n) is 4.87. The van der Waals surface area contributed by atoms with Gasteiger partial charge in [0.25, 0.3) is 0 Å². The van der Waals surface area contributed by atoms with Gasteiger partial charge in [-0.3, -0.25) is 0 Å². The van der Waals surface area contributed by atoms with E-state index in [0.29, 0.717) is 11.8 Å². The molecule has 1 aromatic heterocycles. The molecule has 0 spiro atoms. The normalized spacial score (nSPS) is 18.7. The Morgan fingerprint density at radius 2 is 1.52 bits per heavy atom. The summed E-state index contributed by atoms with van der Waals surface area (Å²) in [5, 5.41) is 0. The van der Waals surface area contributed by atoms with Gasteiger partial charge < -0.3 is 10.2 Å². The summed E-state index contributed by atoms with van der Waals surface area (Å²) in [6.45, 7) is 0. The average Bonchev–Trinajstić information content (AvgIpc) is 3.26. The lowest BCUT2D eigenvalue weighted by molar-refractivity contribution is 0.265. The number of oxazole rings is 1. The largest absolute Gasteiger partial charge is 0.440 e. The molecule has 0 amide bonds. The fourth-order valence-corrected chi connectivity index (χ4v) is 4.87. The molecule has 1 aliphatic carbocycles. The van der Waals surface area contributed by atoms with Gasteiger partial charge in [-0.25, -0.2) is 4.98 Å². The molecule has 3 nitrogen and oxygen atoms in total. The highest BCUT2D eigenvalue weighted by Crippen LogP contribution is 2.43. The quantitative estimate of drug-likeness (QED) is 0.358. The molecule has 156 valence electrons. The van der Waals surface area contributed by atoms with Crippen molar-refractivity contribution in [3.8, 4) is 22.6 Å². The molecule has 0 saturated heterocycles. The zero-order valence-electron chi connectivity index (χ0n) is 17.7. The number of hydrogen-bond donors (Lipinski definition) is 1. The van der Waals surface area contributed by atoms with E-state index in [1.807, 2.05) is 18.2 Å². The third kappa shape index (κ3) is 4.27. The van der Waals surface area contributed by atoms with E-state index in [1.165, 1.54) is 24.8 Å². The maximum atomic E-state index is 6.55. The van der Waals surface area contributed by atoms with E-state index in [1.54, 1.807) is 0 Å². The van der Waals surface area contributed by atoms with Gasteiger partial charge in [0.2, 0.25) is 0 Å². The van der Waals surface area contributed by atoms with Crippen molar-refractivity contribution in [2.75, 3.05) is 5.73 Å². The second kappa shape index (κ2) is 8.81. The number of anilines is 1. The molecule has 1 saturated carbocycles. The summed E-state index contributed by atoms with van der Waals surface area (Å²) in [7, 11) is 0. The van der Waals surface area contributed by atoms with E-state index in [9.17, 15) is 0 Å². The van der Waals surface area contributed by atoms with E-state index in [4.69, 9.17) is 15.1 Å². The minimum Gasteiger partial charge on any atom is -0.440 e. The molecule has 1 aliphatic rings. The van der Waals surface area contributed by atoms with Crippen LogP contribution in [0.1, 0.15) is 43.1 Å². The maximum Gasteiger partial charge on any atom is 0.198 e. The number of rotatable bonds is 5. The van der Waals surface area contributed by atoms with Crippen LogP contribution in [0.2, 0.25) is 0 Å². The van der Waals surface area contributed by atoms with Crippen molar-refractivity contribution >= 4 is 5.69 Å². The lowest BCUT2D eigenvalue weighted by Gasteiger charge is -2.29. The van der Waals surface area contributed by atoms with Crippen LogP contribution in [0.4, 0.5) is 5.69 Å². The van der Waals surface area contributed by atoms with Crippen LogP contribution in [0.25, 0.3) is 22.6 Å². The monoisotopic (exact) mass is 408 g/mol. The van der Waals surface area contributed by atoms with Crippen LogP contribution >= 0.6 is 0 Å². The molecule has 1 heterocycles. The summed E-state index contributed by atoms with van der Waals surface area (Å²) < 4.78 is 6.55. The van der Waals surface area contributed by atoms with Crippen LogP contribution in [0.15, 0.2) is 89.3 Å². The van der Waals surface area contributed by atoms with Gasteiger partial charge in [0.1, 0.15) is 5.69 Å². The molecule has 2 unspecified atom stereocenters. The topological polar surface area (TPSA) is 52.0 Å². The van der Waals surface area contributed by atoms with Crippen LogP contribution in [-0.4, -0.2) is 4.98 Å². The first-order chi connectivity index (χ1) is 15.3. The predicted molar refractivity (Wildman–Crippen MR) is 127 cm³/mol. The molecule has 3 heteroatoms. The van der Waals surface area contributed by atoms with Crippen LogP contribution in [0, 0.1) is 5.92 Å². The number of nitrogens with zero attached hydrogens (tertiary/aromatic N) is 1. The molecule has 2 N–H and O–H groups in total. The maximum absolute atomic E-state index is 6.55. The number of nitrogens with two attached hydrogens (primary N) is 1. The van der Waals surface area contributed by atoms with Gasteiger partial charge in [-0.2, -0.15) is 0 Å². The highest BCUT2D eigenvalue weighted by Gasteiger charge is 2.32. The Morgan fingerprint density at radius 1 is 0.806 bits per heavy atom. The van der Waals surface area contributed by atoms with E-state index < -0.39 is 0 Å². The minimum absolute atomic E-state index is 0.329. The van der Waals surface area contributed by atoms with Gasteiger partial charge >= 0.3 is 0 Å². The zero-order valence-corrected chi connectivity index (χ0v) is 17.7. The number of benzene rings is 3. The first-order valence-electron chi connectivity index (χ1n) is 11.2. The summed E-state index contributed by atoms with van der Waals surface area (Å²) in [6, 6.07) is 29.0. The number of hydrogen-bond acceptors (Lipinski definition) is 3.